The maximum absolute atomic E-state index is 9.06. The Morgan fingerprint density at radius 2 is 1.64 bits per heavy atom. The molecule has 0 amide bonds. The zero-order chi connectivity index (χ0) is 11.2. The van der Waals surface area contributed by atoms with Crippen LogP contribution in [0.1, 0.15) is 47.5 Å². The van der Waals surface area contributed by atoms with Gasteiger partial charge in [0.25, 0.3) is 0 Å². The van der Waals surface area contributed by atoms with Crippen LogP contribution in [0.4, 0.5) is 0 Å². The lowest BCUT2D eigenvalue weighted by atomic mass is 9.89. The molecule has 0 aliphatic carbocycles. The van der Waals surface area contributed by atoms with Gasteiger partial charge < -0.3 is 10.4 Å². The van der Waals surface area contributed by atoms with E-state index in [1.807, 2.05) is 0 Å². The van der Waals surface area contributed by atoms with Crippen molar-refractivity contribution in [2.75, 3.05) is 19.7 Å². The van der Waals surface area contributed by atoms with E-state index in [1.165, 1.54) is 0 Å². The molecule has 0 radical (unpaired) electrons. The van der Waals surface area contributed by atoms with Crippen molar-refractivity contribution in [3.8, 4) is 0 Å². The minimum absolute atomic E-state index is 0.0867. The molecule has 0 unspecified atom stereocenters. The lowest BCUT2D eigenvalue weighted by Crippen LogP contribution is -2.28. The fraction of sp³-hybridized carbons (Fsp3) is 1.00. The molecule has 0 fully saturated rings. The first-order valence-electron chi connectivity index (χ1n) is 5.58. The highest BCUT2D eigenvalue weighted by atomic mass is 16.3. The van der Waals surface area contributed by atoms with Gasteiger partial charge in [0.2, 0.25) is 0 Å². The third kappa shape index (κ3) is 8.52. The first-order chi connectivity index (χ1) is 6.27. The van der Waals surface area contributed by atoms with E-state index < -0.39 is 0 Å². The molecule has 2 nitrogen and oxygen atoms in total. The van der Waals surface area contributed by atoms with Gasteiger partial charge in [0.1, 0.15) is 0 Å². The predicted molar refractivity (Wildman–Crippen MR) is 62.4 cm³/mol. The first kappa shape index (κ1) is 13.9. The van der Waals surface area contributed by atoms with E-state index in [1.54, 1.807) is 0 Å². The maximum atomic E-state index is 9.06. The van der Waals surface area contributed by atoms with E-state index in [0.29, 0.717) is 5.41 Å². The maximum Gasteiger partial charge on any atom is 0.0482 e. The minimum Gasteiger partial charge on any atom is -0.396 e. The van der Waals surface area contributed by atoms with Crippen molar-refractivity contribution in [1.29, 1.82) is 0 Å². The Bertz CT molecular complexity index is 147. The molecule has 0 aliphatic heterocycles. The molecule has 14 heavy (non-hydrogen) atoms. The highest BCUT2D eigenvalue weighted by molar-refractivity contribution is 4.69. The Hall–Kier alpha value is -0.0800. The van der Waals surface area contributed by atoms with Crippen molar-refractivity contribution in [2.45, 2.75) is 47.5 Å². The van der Waals surface area contributed by atoms with Gasteiger partial charge >= 0.3 is 0 Å². The van der Waals surface area contributed by atoms with Crippen molar-refractivity contribution < 1.29 is 5.11 Å². The van der Waals surface area contributed by atoms with E-state index in [-0.39, 0.29) is 12.0 Å². The molecular weight excluding hydrogens is 174 g/mol. The average Bonchev–Trinajstić information content (AvgIpc) is 2.01. The Labute approximate surface area is 89.1 Å². The summed E-state index contributed by atoms with van der Waals surface area (Å²) in [6, 6.07) is 0. The second-order valence-electron chi connectivity index (χ2n) is 6.16. The molecule has 0 heterocycles. The molecule has 0 aliphatic rings. The van der Waals surface area contributed by atoms with Crippen LogP contribution >= 0.6 is 0 Å². The Kier molecular flexibility index (Phi) is 5.68. The van der Waals surface area contributed by atoms with Gasteiger partial charge in [-0.05, 0) is 36.8 Å². The second kappa shape index (κ2) is 5.72. The van der Waals surface area contributed by atoms with Crippen LogP contribution in [0.5, 0.6) is 0 Å². The summed E-state index contributed by atoms with van der Waals surface area (Å²) in [6.07, 6.45) is 2.23. The largest absolute Gasteiger partial charge is 0.396 e. The lowest BCUT2D eigenvalue weighted by molar-refractivity contribution is 0.147. The minimum atomic E-state index is 0.0867. The molecule has 2 N–H and O–H groups in total. The number of aliphatic hydroxyl groups excluding tert-OH is 1. The smallest absolute Gasteiger partial charge is 0.0482 e. The van der Waals surface area contributed by atoms with Crippen LogP contribution in [0.2, 0.25) is 0 Å². The van der Waals surface area contributed by atoms with Gasteiger partial charge in [-0.3, -0.25) is 0 Å². The summed E-state index contributed by atoms with van der Waals surface area (Å²) in [5, 5.41) is 12.5. The van der Waals surface area contributed by atoms with Crippen LogP contribution in [0.15, 0.2) is 0 Å². The summed E-state index contributed by atoms with van der Waals surface area (Å²) >= 11 is 0. The van der Waals surface area contributed by atoms with Crippen molar-refractivity contribution in [1.82, 2.24) is 5.32 Å². The van der Waals surface area contributed by atoms with Gasteiger partial charge in [-0.15, -0.1) is 0 Å². The van der Waals surface area contributed by atoms with E-state index in [4.69, 9.17) is 5.11 Å². The van der Waals surface area contributed by atoms with Gasteiger partial charge in [-0.2, -0.15) is 0 Å². The molecule has 0 rings (SSSR count). The van der Waals surface area contributed by atoms with Gasteiger partial charge in [0.15, 0.2) is 0 Å². The normalized spacial score (nSPS) is 13.3. The first-order valence-corrected chi connectivity index (χ1v) is 5.58. The van der Waals surface area contributed by atoms with Gasteiger partial charge in [0, 0.05) is 6.61 Å². The third-order valence-corrected chi connectivity index (χ3v) is 2.29. The summed E-state index contributed by atoms with van der Waals surface area (Å²) < 4.78 is 0. The molecule has 0 saturated heterocycles. The van der Waals surface area contributed by atoms with E-state index in [2.05, 4.69) is 39.9 Å². The lowest BCUT2D eigenvalue weighted by Gasteiger charge is -2.22. The molecular formula is C12H27NO. The summed E-state index contributed by atoms with van der Waals surface area (Å²) in [7, 11) is 0. The monoisotopic (exact) mass is 201 g/mol. The average molecular weight is 201 g/mol. The van der Waals surface area contributed by atoms with Crippen LogP contribution in [-0.4, -0.2) is 24.8 Å². The van der Waals surface area contributed by atoms with Crippen LogP contribution in [0.25, 0.3) is 0 Å². The highest BCUT2D eigenvalue weighted by Gasteiger charge is 2.15. The van der Waals surface area contributed by atoms with Crippen molar-refractivity contribution in [2.24, 2.45) is 10.8 Å². The molecule has 0 saturated carbocycles. The number of nitrogens with one attached hydrogen (secondary N) is 1. The Balaban J connectivity index is 3.39. The number of rotatable bonds is 6. The fourth-order valence-corrected chi connectivity index (χ4v) is 1.23. The number of hydrogen-bond acceptors (Lipinski definition) is 2. The van der Waals surface area contributed by atoms with Gasteiger partial charge in [0.05, 0.1) is 0 Å². The van der Waals surface area contributed by atoms with E-state index in [0.717, 1.165) is 25.9 Å². The Morgan fingerprint density at radius 3 is 2.07 bits per heavy atom. The van der Waals surface area contributed by atoms with Crippen LogP contribution in [0.3, 0.4) is 0 Å². The summed E-state index contributed by atoms with van der Waals surface area (Å²) in [4.78, 5) is 0. The zero-order valence-electron chi connectivity index (χ0n) is 10.5. The van der Waals surface area contributed by atoms with E-state index >= 15 is 0 Å². The van der Waals surface area contributed by atoms with Crippen molar-refractivity contribution in [3.05, 3.63) is 0 Å². The summed E-state index contributed by atoms with van der Waals surface area (Å²) in [5.74, 6) is 0. The van der Waals surface area contributed by atoms with Gasteiger partial charge in [-0.1, -0.05) is 34.6 Å². The number of aliphatic hydroxyl groups is 1. The molecule has 0 bridgehead atoms. The molecule has 0 aromatic carbocycles. The van der Waals surface area contributed by atoms with Crippen molar-refractivity contribution >= 4 is 0 Å². The van der Waals surface area contributed by atoms with Crippen LogP contribution < -0.4 is 5.32 Å². The SMILES string of the molecule is CC(C)(C)CNCCCC(C)(C)CO. The molecule has 0 atom stereocenters. The quantitative estimate of drug-likeness (QED) is 0.647. The molecule has 0 spiro atoms. The summed E-state index contributed by atoms with van der Waals surface area (Å²) in [6.45, 7) is 13.3. The van der Waals surface area contributed by atoms with Crippen LogP contribution in [-0.2, 0) is 0 Å². The molecule has 0 aromatic heterocycles. The Morgan fingerprint density at radius 1 is 1.07 bits per heavy atom. The zero-order valence-corrected chi connectivity index (χ0v) is 10.5. The summed E-state index contributed by atoms with van der Waals surface area (Å²) in [5.41, 5.74) is 0.454. The predicted octanol–water partition coefficient (Wildman–Crippen LogP) is 2.42. The third-order valence-electron chi connectivity index (χ3n) is 2.29. The van der Waals surface area contributed by atoms with Crippen LogP contribution in [0, 0.1) is 10.8 Å². The standard InChI is InChI=1S/C12H27NO/c1-11(2,3)9-13-8-6-7-12(4,5)10-14/h13-14H,6-10H2,1-5H3. The molecule has 86 valence electrons. The molecule has 2 heteroatoms. The fourth-order valence-electron chi connectivity index (χ4n) is 1.23. The molecule has 0 aromatic rings. The van der Waals surface area contributed by atoms with Gasteiger partial charge in [-0.25, -0.2) is 0 Å². The highest BCUT2D eigenvalue weighted by Crippen LogP contribution is 2.20. The second-order valence-corrected chi connectivity index (χ2v) is 6.16. The number of hydrogen-bond donors (Lipinski definition) is 2. The van der Waals surface area contributed by atoms with E-state index in [9.17, 15) is 0 Å². The van der Waals surface area contributed by atoms with Crippen molar-refractivity contribution in [3.63, 3.8) is 0 Å². The topological polar surface area (TPSA) is 32.3 Å².